The third-order valence-corrected chi connectivity index (χ3v) is 1.89. The molecule has 1 fully saturated rings. The third-order valence-electron chi connectivity index (χ3n) is 1.70. The monoisotopic (exact) mass is 203 g/mol. The van der Waals surface area contributed by atoms with Gasteiger partial charge in [0.2, 0.25) is 11.1 Å². The minimum absolute atomic E-state index is 0.0105. The Morgan fingerprint density at radius 3 is 3.00 bits per heavy atom. The molecule has 70 valence electrons. The molecular formula is C7H7ClFN3O. The molecule has 13 heavy (non-hydrogen) atoms. The van der Waals surface area contributed by atoms with Crippen LogP contribution in [0.1, 0.15) is 0 Å². The minimum Gasteiger partial charge on any atom is -0.469 e. The van der Waals surface area contributed by atoms with E-state index in [9.17, 15) is 4.39 Å². The van der Waals surface area contributed by atoms with E-state index in [1.807, 2.05) is 0 Å². The molecule has 0 saturated carbocycles. The van der Waals surface area contributed by atoms with E-state index in [1.165, 1.54) is 0 Å². The second kappa shape index (κ2) is 3.43. The highest BCUT2D eigenvalue weighted by atomic mass is 35.5. The highest BCUT2D eigenvalue weighted by Gasteiger charge is 2.20. The summed E-state index contributed by atoms with van der Waals surface area (Å²) in [5, 5.41) is 2.98. The standard InChI is InChI=1S/C7H7ClFN3O/c8-7-11-3-5(9)6(12-7)13-4-1-10-2-4/h3-4,10H,1-2H2. The largest absolute Gasteiger partial charge is 0.469 e. The van der Waals surface area contributed by atoms with E-state index in [4.69, 9.17) is 16.3 Å². The summed E-state index contributed by atoms with van der Waals surface area (Å²) in [6.45, 7) is 1.42. The van der Waals surface area contributed by atoms with Crippen molar-refractivity contribution in [3.05, 3.63) is 17.3 Å². The van der Waals surface area contributed by atoms with Crippen LogP contribution in [0.5, 0.6) is 5.88 Å². The van der Waals surface area contributed by atoms with Gasteiger partial charge < -0.3 is 10.1 Å². The molecule has 0 aromatic carbocycles. The Kier molecular flexibility index (Phi) is 2.28. The Morgan fingerprint density at radius 2 is 2.38 bits per heavy atom. The zero-order valence-corrected chi connectivity index (χ0v) is 7.38. The van der Waals surface area contributed by atoms with Crippen molar-refractivity contribution < 1.29 is 9.13 Å². The second-order valence-electron chi connectivity index (χ2n) is 2.69. The minimum atomic E-state index is -0.587. The molecule has 1 saturated heterocycles. The number of rotatable bonds is 2. The quantitative estimate of drug-likeness (QED) is 0.716. The van der Waals surface area contributed by atoms with E-state index in [0.29, 0.717) is 13.1 Å². The summed E-state index contributed by atoms with van der Waals surface area (Å²) >= 11 is 5.48. The first-order valence-corrected chi connectivity index (χ1v) is 4.19. The van der Waals surface area contributed by atoms with Gasteiger partial charge >= 0.3 is 0 Å². The molecule has 0 atom stereocenters. The van der Waals surface area contributed by atoms with Crippen LogP contribution in [0, 0.1) is 5.82 Å². The lowest BCUT2D eigenvalue weighted by atomic mass is 10.2. The van der Waals surface area contributed by atoms with Gasteiger partial charge in [0.15, 0.2) is 0 Å². The lowest BCUT2D eigenvalue weighted by Crippen LogP contribution is -2.50. The average Bonchev–Trinajstić information content (AvgIpc) is 2.03. The number of nitrogens with one attached hydrogen (secondary N) is 1. The maximum Gasteiger partial charge on any atom is 0.255 e. The van der Waals surface area contributed by atoms with Gasteiger partial charge in [-0.3, -0.25) is 0 Å². The summed E-state index contributed by atoms with van der Waals surface area (Å²) in [5.74, 6) is -0.664. The summed E-state index contributed by atoms with van der Waals surface area (Å²) < 4.78 is 18.2. The van der Waals surface area contributed by atoms with Gasteiger partial charge in [-0.1, -0.05) is 0 Å². The van der Waals surface area contributed by atoms with Crippen molar-refractivity contribution in [2.24, 2.45) is 0 Å². The average molecular weight is 204 g/mol. The maximum atomic E-state index is 13.0. The van der Waals surface area contributed by atoms with Crippen LogP contribution in [0.2, 0.25) is 5.28 Å². The second-order valence-corrected chi connectivity index (χ2v) is 3.03. The molecule has 1 aliphatic heterocycles. The van der Waals surface area contributed by atoms with Gasteiger partial charge in [-0.15, -0.1) is 0 Å². The summed E-state index contributed by atoms with van der Waals surface area (Å²) in [6, 6.07) is 0. The normalized spacial score (nSPS) is 16.8. The molecule has 0 spiro atoms. The summed E-state index contributed by atoms with van der Waals surface area (Å²) in [7, 11) is 0. The zero-order chi connectivity index (χ0) is 9.26. The van der Waals surface area contributed by atoms with Gasteiger partial charge in [0.1, 0.15) is 6.10 Å². The summed E-state index contributed by atoms with van der Waals surface area (Å²) in [6.07, 6.45) is 0.983. The number of aromatic nitrogens is 2. The maximum absolute atomic E-state index is 13.0. The molecule has 2 rings (SSSR count). The fourth-order valence-corrected chi connectivity index (χ4v) is 1.04. The van der Waals surface area contributed by atoms with Gasteiger partial charge in [0.25, 0.3) is 5.88 Å². The molecule has 4 nitrogen and oxygen atoms in total. The van der Waals surface area contributed by atoms with Gasteiger partial charge in [-0.25, -0.2) is 4.98 Å². The zero-order valence-electron chi connectivity index (χ0n) is 6.63. The lowest BCUT2D eigenvalue weighted by molar-refractivity contribution is 0.129. The van der Waals surface area contributed by atoms with Crippen LogP contribution in [0.25, 0.3) is 0 Å². The molecule has 1 aromatic heterocycles. The summed E-state index contributed by atoms with van der Waals surface area (Å²) in [4.78, 5) is 7.10. The highest BCUT2D eigenvalue weighted by molar-refractivity contribution is 6.28. The number of halogens is 2. The Bertz CT molecular complexity index is 319. The molecule has 1 aromatic rings. The fraction of sp³-hybridized carbons (Fsp3) is 0.429. The van der Waals surface area contributed by atoms with Crippen molar-refractivity contribution in [1.82, 2.24) is 15.3 Å². The highest BCUT2D eigenvalue weighted by Crippen LogP contribution is 2.16. The number of hydrogen-bond donors (Lipinski definition) is 1. The van der Waals surface area contributed by atoms with E-state index in [2.05, 4.69) is 15.3 Å². The van der Waals surface area contributed by atoms with Crippen LogP contribution < -0.4 is 10.1 Å². The molecule has 1 N–H and O–H groups in total. The topological polar surface area (TPSA) is 47.0 Å². The predicted molar refractivity (Wildman–Crippen MR) is 44.3 cm³/mol. The van der Waals surface area contributed by atoms with Crippen LogP contribution in [0.15, 0.2) is 6.20 Å². The van der Waals surface area contributed by atoms with Crippen LogP contribution in [-0.4, -0.2) is 29.2 Å². The van der Waals surface area contributed by atoms with E-state index < -0.39 is 5.82 Å². The van der Waals surface area contributed by atoms with Crippen molar-refractivity contribution in [3.63, 3.8) is 0 Å². The molecular weight excluding hydrogens is 197 g/mol. The molecule has 2 heterocycles. The molecule has 1 aliphatic rings. The number of nitrogens with zero attached hydrogens (tertiary/aromatic N) is 2. The van der Waals surface area contributed by atoms with Gasteiger partial charge in [-0.05, 0) is 11.6 Å². The van der Waals surface area contributed by atoms with Crippen LogP contribution in [-0.2, 0) is 0 Å². The number of ether oxygens (including phenoxy) is 1. The Balaban J connectivity index is 2.13. The van der Waals surface area contributed by atoms with Crippen LogP contribution in [0.3, 0.4) is 0 Å². The van der Waals surface area contributed by atoms with Gasteiger partial charge in [0, 0.05) is 13.1 Å². The van der Waals surface area contributed by atoms with Crippen molar-refractivity contribution in [3.8, 4) is 5.88 Å². The number of hydrogen-bond acceptors (Lipinski definition) is 4. The van der Waals surface area contributed by atoms with E-state index in [0.717, 1.165) is 6.20 Å². The Morgan fingerprint density at radius 1 is 1.62 bits per heavy atom. The van der Waals surface area contributed by atoms with Crippen LogP contribution in [0.4, 0.5) is 4.39 Å². The van der Waals surface area contributed by atoms with E-state index in [-0.39, 0.29) is 17.3 Å². The van der Waals surface area contributed by atoms with Crippen molar-refractivity contribution in [2.75, 3.05) is 13.1 Å². The lowest BCUT2D eigenvalue weighted by Gasteiger charge is -2.27. The van der Waals surface area contributed by atoms with Crippen LogP contribution >= 0.6 is 11.6 Å². The van der Waals surface area contributed by atoms with Crippen molar-refractivity contribution in [2.45, 2.75) is 6.10 Å². The van der Waals surface area contributed by atoms with Crippen molar-refractivity contribution in [1.29, 1.82) is 0 Å². The molecule has 0 amide bonds. The molecule has 0 unspecified atom stereocenters. The van der Waals surface area contributed by atoms with Crippen molar-refractivity contribution >= 4 is 11.6 Å². The smallest absolute Gasteiger partial charge is 0.255 e. The van der Waals surface area contributed by atoms with E-state index >= 15 is 0 Å². The molecule has 0 radical (unpaired) electrons. The van der Waals surface area contributed by atoms with Gasteiger partial charge in [0.05, 0.1) is 6.20 Å². The van der Waals surface area contributed by atoms with E-state index in [1.54, 1.807) is 0 Å². The SMILES string of the molecule is Fc1cnc(Cl)nc1OC1CNC1. The fourth-order valence-electron chi connectivity index (χ4n) is 0.917. The summed E-state index contributed by atoms with van der Waals surface area (Å²) in [5.41, 5.74) is 0. The first kappa shape index (κ1) is 8.65. The Labute approximate surface area is 79.1 Å². The predicted octanol–water partition coefficient (Wildman–Crippen LogP) is 0.620. The first-order valence-electron chi connectivity index (χ1n) is 3.81. The van der Waals surface area contributed by atoms with Gasteiger partial charge in [-0.2, -0.15) is 9.37 Å². The molecule has 0 bridgehead atoms. The first-order chi connectivity index (χ1) is 6.25. The molecule has 0 aliphatic carbocycles. The molecule has 6 heteroatoms. The Hall–Kier alpha value is -0.940. The third kappa shape index (κ3) is 1.87.